The van der Waals surface area contributed by atoms with Gasteiger partial charge in [0.25, 0.3) is 0 Å². The van der Waals surface area contributed by atoms with Gasteiger partial charge in [0.2, 0.25) is 5.91 Å². The molecule has 0 aliphatic carbocycles. The molecule has 5 nitrogen and oxygen atoms in total. The second-order valence-corrected chi connectivity index (χ2v) is 5.69. The standard InChI is InChI=1S/C18H20N4O/c1-20-11-10-19-17(20)13-22(3)18(23)9-8-14-12-21(2)16-7-5-4-6-15(14)16/h4-12H,13H2,1-3H3/b9-8+. The lowest BCUT2D eigenvalue weighted by Crippen LogP contribution is -2.25. The summed E-state index contributed by atoms with van der Waals surface area (Å²) in [5, 5.41) is 1.14. The van der Waals surface area contributed by atoms with Crippen LogP contribution in [0, 0.1) is 0 Å². The van der Waals surface area contributed by atoms with E-state index < -0.39 is 0 Å². The minimum absolute atomic E-state index is 0.0408. The maximum absolute atomic E-state index is 12.3. The summed E-state index contributed by atoms with van der Waals surface area (Å²) in [4.78, 5) is 18.2. The molecule has 3 rings (SSSR count). The van der Waals surface area contributed by atoms with Crippen molar-refractivity contribution < 1.29 is 4.79 Å². The van der Waals surface area contributed by atoms with E-state index in [1.165, 1.54) is 0 Å². The van der Waals surface area contributed by atoms with Gasteiger partial charge in [0.1, 0.15) is 5.82 Å². The van der Waals surface area contributed by atoms with Crippen LogP contribution < -0.4 is 0 Å². The van der Waals surface area contributed by atoms with E-state index in [2.05, 4.69) is 21.7 Å². The number of para-hydroxylation sites is 1. The highest BCUT2D eigenvalue weighted by atomic mass is 16.2. The second-order valence-electron chi connectivity index (χ2n) is 5.69. The number of nitrogens with zero attached hydrogens (tertiary/aromatic N) is 4. The van der Waals surface area contributed by atoms with Gasteiger partial charge in [-0.15, -0.1) is 0 Å². The van der Waals surface area contributed by atoms with Crippen molar-refractivity contribution in [2.75, 3.05) is 7.05 Å². The van der Waals surface area contributed by atoms with Crippen molar-refractivity contribution in [1.82, 2.24) is 19.0 Å². The smallest absolute Gasteiger partial charge is 0.246 e. The van der Waals surface area contributed by atoms with Gasteiger partial charge in [-0.25, -0.2) is 4.98 Å². The molecule has 0 unspecified atom stereocenters. The summed E-state index contributed by atoms with van der Waals surface area (Å²) in [6.07, 6.45) is 9.14. The maximum atomic E-state index is 12.3. The monoisotopic (exact) mass is 308 g/mol. The lowest BCUT2D eigenvalue weighted by molar-refractivity contribution is -0.125. The number of aryl methyl sites for hydroxylation is 2. The van der Waals surface area contributed by atoms with E-state index in [4.69, 9.17) is 0 Å². The number of hydrogen-bond acceptors (Lipinski definition) is 2. The molecule has 0 saturated heterocycles. The van der Waals surface area contributed by atoms with Gasteiger partial charge in [0.15, 0.2) is 0 Å². The Morgan fingerprint density at radius 2 is 2.04 bits per heavy atom. The molecule has 118 valence electrons. The number of hydrogen-bond donors (Lipinski definition) is 0. The van der Waals surface area contributed by atoms with Gasteiger partial charge >= 0.3 is 0 Å². The van der Waals surface area contributed by atoms with Crippen LogP contribution in [0.1, 0.15) is 11.4 Å². The van der Waals surface area contributed by atoms with E-state index in [0.717, 1.165) is 22.3 Å². The van der Waals surface area contributed by atoms with Crippen molar-refractivity contribution in [3.8, 4) is 0 Å². The molecule has 2 heterocycles. The van der Waals surface area contributed by atoms with Crippen LogP contribution in [0.15, 0.2) is 48.9 Å². The molecule has 0 aliphatic heterocycles. The summed E-state index contributed by atoms with van der Waals surface area (Å²) in [7, 11) is 5.71. The summed E-state index contributed by atoms with van der Waals surface area (Å²) in [5.74, 6) is 0.820. The van der Waals surface area contributed by atoms with E-state index in [1.807, 2.05) is 49.3 Å². The van der Waals surface area contributed by atoms with Crippen LogP contribution in [0.25, 0.3) is 17.0 Å². The SMILES string of the molecule is CN(Cc1nccn1C)C(=O)/C=C/c1cn(C)c2ccccc12. The van der Waals surface area contributed by atoms with Crippen LogP contribution in [-0.4, -0.2) is 32.0 Å². The largest absolute Gasteiger partial charge is 0.350 e. The van der Waals surface area contributed by atoms with Crippen molar-refractivity contribution in [1.29, 1.82) is 0 Å². The highest BCUT2D eigenvalue weighted by Gasteiger charge is 2.09. The summed E-state index contributed by atoms with van der Waals surface area (Å²) >= 11 is 0. The molecule has 5 heteroatoms. The number of fused-ring (bicyclic) bond motifs is 1. The molecule has 0 saturated carbocycles. The first kappa shape index (κ1) is 15.1. The molecular weight excluding hydrogens is 288 g/mol. The number of benzene rings is 1. The Morgan fingerprint density at radius 3 is 2.78 bits per heavy atom. The van der Waals surface area contributed by atoms with E-state index in [9.17, 15) is 4.79 Å². The Hall–Kier alpha value is -2.82. The topological polar surface area (TPSA) is 43.1 Å². The number of likely N-dealkylation sites (N-methyl/N-ethyl adjacent to an activating group) is 1. The van der Waals surface area contributed by atoms with Gasteiger partial charge in [-0.05, 0) is 12.1 Å². The van der Waals surface area contributed by atoms with Crippen molar-refractivity contribution >= 4 is 22.9 Å². The molecule has 3 aromatic rings. The Morgan fingerprint density at radius 1 is 1.26 bits per heavy atom. The van der Waals surface area contributed by atoms with Crippen molar-refractivity contribution in [2.24, 2.45) is 14.1 Å². The first-order chi connectivity index (χ1) is 11.1. The molecule has 23 heavy (non-hydrogen) atoms. The molecule has 0 radical (unpaired) electrons. The fourth-order valence-electron chi connectivity index (χ4n) is 2.63. The number of amides is 1. The van der Waals surface area contributed by atoms with Crippen molar-refractivity contribution in [3.63, 3.8) is 0 Å². The normalized spacial score (nSPS) is 11.4. The Balaban J connectivity index is 1.76. The molecule has 1 amide bonds. The zero-order valence-corrected chi connectivity index (χ0v) is 13.6. The predicted octanol–water partition coefficient (Wildman–Crippen LogP) is 2.58. The summed E-state index contributed by atoms with van der Waals surface area (Å²) in [6.45, 7) is 0.488. The predicted molar refractivity (Wildman–Crippen MR) is 91.6 cm³/mol. The highest BCUT2D eigenvalue weighted by Crippen LogP contribution is 2.21. The quantitative estimate of drug-likeness (QED) is 0.695. The van der Waals surface area contributed by atoms with Gasteiger partial charge in [-0.2, -0.15) is 0 Å². The zero-order chi connectivity index (χ0) is 16.4. The van der Waals surface area contributed by atoms with E-state index >= 15 is 0 Å². The Labute approximate surface area is 135 Å². The third kappa shape index (κ3) is 3.04. The van der Waals surface area contributed by atoms with Crippen LogP contribution in [0.5, 0.6) is 0 Å². The average molecular weight is 308 g/mol. The molecular formula is C18H20N4O. The van der Waals surface area contributed by atoms with E-state index in [0.29, 0.717) is 6.54 Å². The molecule has 1 aromatic carbocycles. The molecule has 0 atom stereocenters. The van der Waals surface area contributed by atoms with E-state index in [1.54, 1.807) is 24.2 Å². The summed E-state index contributed by atoms with van der Waals surface area (Å²) in [5.41, 5.74) is 2.20. The van der Waals surface area contributed by atoms with E-state index in [-0.39, 0.29) is 5.91 Å². The van der Waals surface area contributed by atoms with Crippen LogP contribution in [0.4, 0.5) is 0 Å². The van der Waals surface area contributed by atoms with Crippen LogP contribution >= 0.6 is 0 Å². The van der Waals surface area contributed by atoms with Crippen LogP contribution in [0.2, 0.25) is 0 Å². The van der Waals surface area contributed by atoms with Gasteiger partial charge in [-0.3, -0.25) is 4.79 Å². The first-order valence-corrected chi connectivity index (χ1v) is 7.49. The Bertz CT molecular complexity index is 872. The molecule has 0 fully saturated rings. The van der Waals surface area contributed by atoms with Crippen LogP contribution in [-0.2, 0) is 25.4 Å². The number of carbonyl (C=O) groups is 1. The fraction of sp³-hybridized carbons (Fsp3) is 0.222. The first-order valence-electron chi connectivity index (χ1n) is 7.49. The second kappa shape index (κ2) is 6.12. The number of aromatic nitrogens is 3. The maximum Gasteiger partial charge on any atom is 0.246 e. The highest BCUT2D eigenvalue weighted by molar-refractivity contribution is 5.96. The van der Waals surface area contributed by atoms with Gasteiger partial charge in [0, 0.05) is 62.3 Å². The number of imidazole rings is 1. The van der Waals surface area contributed by atoms with Crippen molar-refractivity contribution in [3.05, 3.63) is 60.3 Å². The van der Waals surface area contributed by atoms with Gasteiger partial charge in [-0.1, -0.05) is 18.2 Å². The zero-order valence-electron chi connectivity index (χ0n) is 13.6. The molecule has 0 bridgehead atoms. The van der Waals surface area contributed by atoms with Gasteiger partial charge in [0.05, 0.1) is 6.54 Å². The number of carbonyl (C=O) groups excluding carboxylic acids is 1. The minimum Gasteiger partial charge on any atom is -0.350 e. The third-order valence-electron chi connectivity index (χ3n) is 4.01. The molecule has 0 N–H and O–H groups in total. The molecule has 0 spiro atoms. The third-order valence-corrected chi connectivity index (χ3v) is 4.01. The average Bonchev–Trinajstić information content (AvgIpc) is 3.09. The summed E-state index contributed by atoms with van der Waals surface area (Å²) < 4.78 is 3.98. The fourth-order valence-corrected chi connectivity index (χ4v) is 2.63. The van der Waals surface area contributed by atoms with Gasteiger partial charge < -0.3 is 14.0 Å². The Kier molecular flexibility index (Phi) is 4.02. The lowest BCUT2D eigenvalue weighted by atomic mass is 10.1. The van der Waals surface area contributed by atoms with Crippen LogP contribution in [0.3, 0.4) is 0 Å². The number of rotatable bonds is 4. The molecule has 0 aliphatic rings. The summed E-state index contributed by atoms with van der Waals surface area (Å²) in [6, 6.07) is 8.16. The molecule has 2 aromatic heterocycles. The minimum atomic E-state index is -0.0408. The van der Waals surface area contributed by atoms with Crippen molar-refractivity contribution in [2.45, 2.75) is 6.54 Å². The lowest BCUT2D eigenvalue weighted by Gasteiger charge is -2.14.